The minimum Gasteiger partial charge on any atom is -0.375 e. The van der Waals surface area contributed by atoms with Crippen molar-refractivity contribution in [1.82, 2.24) is 15.1 Å². The van der Waals surface area contributed by atoms with Crippen LogP contribution in [0.25, 0.3) is 0 Å². The summed E-state index contributed by atoms with van der Waals surface area (Å²) in [6.07, 6.45) is 1.48. The molecule has 0 radical (unpaired) electrons. The highest BCUT2D eigenvalue weighted by atomic mass is 16.5. The molecule has 1 atom stereocenters. The number of hydrogen-bond acceptors (Lipinski definition) is 3. The van der Waals surface area contributed by atoms with Gasteiger partial charge in [-0.2, -0.15) is 5.10 Å². The molecule has 0 fully saturated rings. The normalized spacial score (nSPS) is 12.1. The molecular formula is C23H27N3O2. The number of hydrogen-bond donors (Lipinski definition) is 1. The number of ether oxygens (including phenoxy) is 1. The molecule has 1 aromatic heterocycles. The fraction of sp³-hybridized carbons (Fsp3) is 0.304. The number of benzene rings is 2. The van der Waals surface area contributed by atoms with E-state index in [0.717, 1.165) is 16.8 Å². The van der Waals surface area contributed by atoms with Crippen molar-refractivity contribution in [3.8, 4) is 0 Å². The van der Waals surface area contributed by atoms with Crippen LogP contribution in [0.15, 0.2) is 66.9 Å². The first-order valence-electron chi connectivity index (χ1n) is 9.55. The molecule has 146 valence electrons. The highest BCUT2D eigenvalue weighted by molar-refractivity contribution is 5.95. The summed E-state index contributed by atoms with van der Waals surface area (Å²) < 4.78 is 7.47. The Morgan fingerprint density at radius 3 is 2.32 bits per heavy atom. The van der Waals surface area contributed by atoms with E-state index in [0.29, 0.717) is 18.7 Å². The van der Waals surface area contributed by atoms with E-state index in [9.17, 15) is 4.79 Å². The predicted molar refractivity (Wildman–Crippen MR) is 110 cm³/mol. The Kier molecular flexibility index (Phi) is 6.61. The van der Waals surface area contributed by atoms with Gasteiger partial charge in [0.2, 0.25) is 0 Å². The Morgan fingerprint density at radius 2 is 1.71 bits per heavy atom. The van der Waals surface area contributed by atoms with Crippen molar-refractivity contribution in [3.63, 3.8) is 0 Å². The van der Waals surface area contributed by atoms with Crippen molar-refractivity contribution >= 4 is 5.91 Å². The summed E-state index contributed by atoms with van der Waals surface area (Å²) in [5.74, 6) is 0.0558. The Morgan fingerprint density at radius 1 is 1.07 bits per heavy atom. The zero-order valence-corrected chi connectivity index (χ0v) is 16.6. The number of nitrogens with one attached hydrogen (secondary N) is 1. The molecule has 0 bridgehead atoms. The second-order valence-corrected chi connectivity index (χ2v) is 7.09. The van der Waals surface area contributed by atoms with Crippen molar-refractivity contribution in [2.75, 3.05) is 13.7 Å². The van der Waals surface area contributed by atoms with E-state index in [1.807, 2.05) is 53.2 Å². The molecule has 28 heavy (non-hydrogen) atoms. The van der Waals surface area contributed by atoms with Gasteiger partial charge in [-0.15, -0.1) is 0 Å². The molecule has 3 rings (SSSR count). The first-order chi connectivity index (χ1) is 13.6. The highest BCUT2D eigenvalue weighted by Crippen LogP contribution is 2.21. The van der Waals surface area contributed by atoms with E-state index in [2.05, 4.69) is 36.4 Å². The monoisotopic (exact) mass is 377 g/mol. The van der Waals surface area contributed by atoms with E-state index in [1.54, 1.807) is 13.3 Å². The summed E-state index contributed by atoms with van der Waals surface area (Å²) in [4.78, 5) is 12.9. The molecule has 0 aliphatic carbocycles. The molecule has 0 saturated heterocycles. The zero-order chi connectivity index (χ0) is 19.9. The maximum atomic E-state index is 12.9. The van der Waals surface area contributed by atoms with Gasteiger partial charge in [-0.1, -0.05) is 74.5 Å². The number of carbonyl (C=O) groups is 1. The van der Waals surface area contributed by atoms with Crippen LogP contribution < -0.4 is 5.32 Å². The summed E-state index contributed by atoms with van der Waals surface area (Å²) >= 11 is 0. The summed E-state index contributed by atoms with van der Waals surface area (Å²) in [6, 6.07) is 20.0. The maximum absolute atomic E-state index is 12.9. The second-order valence-electron chi connectivity index (χ2n) is 7.09. The number of rotatable bonds is 8. The Labute approximate surface area is 166 Å². The van der Waals surface area contributed by atoms with Crippen LogP contribution in [-0.2, 0) is 11.3 Å². The molecule has 5 heteroatoms. The van der Waals surface area contributed by atoms with Gasteiger partial charge in [0, 0.05) is 13.7 Å². The van der Waals surface area contributed by atoms with Gasteiger partial charge < -0.3 is 10.1 Å². The first-order valence-corrected chi connectivity index (χ1v) is 9.55. The third kappa shape index (κ3) is 4.67. The van der Waals surface area contributed by atoms with Crippen LogP contribution >= 0.6 is 0 Å². The van der Waals surface area contributed by atoms with Crippen LogP contribution in [0.1, 0.15) is 53.0 Å². The molecular weight excluding hydrogens is 350 g/mol. The molecule has 0 spiro atoms. The van der Waals surface area contributed by atoms with E-state index < -0.39 is 0 Å². The van der Waals surface area contributed by atoms with Crippen LogP contribution in [0.5, 0.6) is 0 Å². The quantitative estimate of drug-likeness (QED) is 0.641. The Hall–Kier alpha value is -2.92. The van der Waals surface area contributed by atoms with E-state index >= 15 is 0 Å². The van der Waals surface area contributed by atoms with Crippen molar-refractivity contribution in [2.45, 2.75) is 32.4 Å². The SMILES string of the molecule is COC(CNC(=O)c1cnn(Cc2ccccc2)c1C(C)C)c1ccccc1. The number of methoxy groups -OCH3 is 1. The Bertz CT molecular complexity index is 889. The lowest BCUT2D eigenvalue weighted by atomic mass is 10.0. The van der Waals surface area contributed by atoms with Crippen molar-refractivity contribution < 1.29 is 9.53 Å². The highest BCUT2D eigenvalue weighted by Gasteiger charge is 2.21. The van der Waals surface area contributed by atoms with E-state index in [1.165, 1.54) is 0 Å². The van der Waals surface area contributed by atoms with Crippen molar-refractivity contribution in [3.05, 3.63) is 89.2 Å². The third-order valence-electron chi connectivity index (χ3n) is 4.75. The fourth-order valence-corrected chi connectivity index (χ4v) is 3.35. The average Bonchev–Trinajstić information content (AvgIpc) is 3.14. The second kappa shape index (κ2) is 9.33. The average molecular weight is 377 g/mol. The lowest BCUT2D eigenvalue weighted by Crippen LogP contribution is -2.30. The van der Waals surface area contributed by atoms with Gasteiger partial charge in [0.1, 0.15) is 0 Å². The van der Waals surface area contributed by atoms with Gasteiger partial charge in [0.15, 0.2) is 0 Å². The van der Waals surface area contributed by atoms with Gasteiger partial charge in [0.25, 0.3) is 5.91 Å². The van der Waals surface area contributed by atoms with Crippen molar-refractivity contribution in [2.24, 2.45) is 0 Å². The summed E-state index contributed by atoms with van der Waals surface area (Å²) in [5.41, 5.74) is 3.75. The smallest absolute Gasteiger partial charge is 0.254 e. The van der Waals surface area contributed by atoms with Crippen LogP contribution in [-0.4, -0.2) is 29.3 Å². The zero-order valence-electron chi connectivity index (χ0n) is 16.6. The van der Waals surface area contributed by atoms with Crippen LogP contribution in [0.4, 0.5) is 0 Å². The number of nitrogens with zero attached hydrogens (tertiary/aromatic N) is 2. The third-order valence-corrected chi connectivity index (χ3v) is 4.75. The summed E-state index contributed by atoms with van der Waals surface area (Å²) in [7, 11) is 1.65. The standard InChI is InChI=1S/C23H27N3O2/c1-17(2)22-20(14-25-26(22)16-18-10-6-4-7-11-18)23(27)24-15-21(28-3)19-12-8-5-9-13-19/h4-14,17,21H,15-16H2,1-3H3,(H,24,27). The maximum Gasteiger partial charge on any atom is 0.254 e. The molecule has 3 aromatic rings. The lowest BCUT2D eigenvalue weighted by molar-refractivity contribution is 0.0827. The minimum absolute atomic E-state index is 0.124. The van der Waals surface area contributed by atoms with Crippen LogP contribution in [0, 0.1) is 0 Å². The van der Waals surface area contributed by atoms with Crippen LogP contribution in [0.3, 0.4) is 0 Å². The van der Waals surface area contributed by atoms with Gasteiger partial charge in [-0.05, 0) is 17.0 Å². The molecule has 0 saturated carbocycles. The van der Waals surface area contributed by atoms with E-state index in [-0.39, 0.29) is 17.9 Å². The first kappa shape index (κ1) is 19.8. The topological polar surface area (TPSA) is 56.1 Å². The predicted octanol–water partition coefficient (Wildman–Crippen LogP) is 4.17. The van der Waals surface area contributed by atoms with Crippen LogP contribution in [0.2, 0.25) is 0 Å². The summed E-state index contributed by atoms with van der Waals surface area (Å²) in [5, 5.41) is 7.49. The number of carbonyl (C=O) groups excluding carboxylic acids is 1. The molecule has 1 unspecified atom stereocenters. The van der Waals surface area contributed by atoms with Gasteiger partial charge >= 0.3 is 0 Å². The van der Waals surface area contributed by atoms with Crippen molar-refractivity contribution in [1.29, 1.82) is 0 Å². The molecule has 1 amide bonds. The van der Waals surface area contributed by atoms with Gasteiger partial charge in [0.05, 0.1) is 30.1 Å². The number of amides is 1. The minimum atomic E-state index is -0.188. The van der Waals surface area contributed by atoms with Gasteiger partial charge in [-0.3, -0.25) is 9.48 Å². The molecule has 1 heterocycles. The Balaban J connectivity index is 1.74. The number of aromatic nitrogens is 2. The van der Waals surface area contributed by atoms with E-state index in [4.69, 9.17) is 4.74 Å². The largest absolute Gasteiger partial charge is 0.375 e. The van der Waals surface area contributed by atoms with Gasteiger partial charge in [-0.25, -0.2) is 0 Å². The fourth-order valence-electron chi connectivity index (χ4n) is 3.35. The summed E-state index contributed by atoms with van der Waals surface area (Å²) in [6.45, 7) is 5.21. The molecule has 0 aliphatic rings. The molecule has 5 nitrogen and oxygen atoms in total. The molecule has 1 N–H and O–H groups in total. The molecule has 0 aliphatic heterocycles. The molecule has 2 aromatic carbocycles. The lowest BCUT2D eigenvalue weighted by Gasteiger charge is -2.17.